The van der Waals surface area contributed by atoms with Gasteiger partial charge in [0.25, 0.3) is 5.91 Å². The van der Waals surface area contributed by atoms with Gasteiger partial charge in [-0.3, -0.25) is 9.69 Å². The van der Waals surface area contributed by atoms with Crippen molar-refractivity contribution in [2.24, 2.45) is 0 Å². The van der Waals surface area contributed by atoms with Gasteiger partial charge in [0.2, 0.25) is 0 Å². The van der Waals surface area contributed by atoms with Gasteiger partial charge in [-0.2, -0.15) is 0 Å². The lowest BCUT2D eigenvalue weighted by atomic mass is 10.0. The van der Waals surface area contributed by atoms with Crippen LogP contribution in [0.4, 0.5) is 11.4 Å². The lowest BCUT2D eigenvalue weighted by Gasteiger charge is -2.24. The smallest absolute Gasteiger partial charge is 0.263 e. The Morgan fingerprint density at radius 3 is 1.97 bits per heavy atom. The second-order valence-electron chi connectivity index (χ2n) is 7.84. The molecule has 5 rings (SSSR count). The number of carbonyl (C=O) groups excluding carboxylic acids is 1. The fraction of sp³-hybridized carbons (Fsp3) is 0.0667. The topological polar surface area (TPSA) is 42.4 Å². The van der Waals surface area contributed by atoms with Crippen LogP contribution in [0.15, 0.2) is 115 Å². The summed E-state index contributed by atoms with van der Waals surface area (Å²) in [5.74, 6) is 0.700. The van der Waals surface area contributed by atoms with Crippen LogP contribution in [0.2, 0.25) is 0 Å². The Bertz CT molecular complexity index is 1380. The normalized spacial score (nSPS) is 10.7. The van der Waals surface area contributed by atoms with Crippen LogP contribution >= 0.6 is 0 Å². The Morgan fingerprint density at radius 1 is 0.765 bits per heavy atom. The van der Waals surface area contributed by atoms with Crippen molar-refractivity contribution in [1.29, 1.82) is 0 Å². The zero-order chi connectivity index (χ0) is 23.3. The first-order valence-corrected chi connectivity index (χ1v) is 11.3. The molecule has 0 N–H and O–H groups in total. The van der Waals surface area contributed by atoms with E-state index in [1.807, 2.05) is 122 Å². The Morgan fingerprint density at radius 2 is 1.35 bits per heavy atom. The molecule has 34 heavy (non-hydrogen) atoms. The van der Waals surface area contributed by atoms with E-state index < -0.39 is 0 Å². The highest BCUT2D eigenvalue weighted by Crippen LogP contribution is 2.32. The van der Waals surface area contributed by atoms with Gasteiger partial charge in [-0.25, -0.2) is 4.98 Å². The van der Waals surface area contributed by atoms with E-state index in [1.54, 1.807) is 4.90 Å². The summed E-state index contributed by atoms with van der Waals surface area (Å²) < 4.78 is 5.58. The number of anilines is 2. The number of rotatable bonds is 6. The highest BCUT2D eigenvalue weighted by atomic mass is 16.5. The van der Waals surface area contributed by atoms with Crippen LogP contribution in [0.5, 0.6) is 5.75 Å². The fourth-order valence-corrected chi connectivity index (χ4v) is 4.05. The third-order valence-electron chi connectivity index (χ3n) is 5.64. The molecule has 0 spiro atoms. The Balaban J connectivity index is 1.66. The molecule has 1 heterocycles. The molecule has 1 aromatic heterocycles. The minimum atomic E-state index is -0.108. The molecule has 166 valence electrons. The quantitative estimate of drug-likeness (QED) is 0.276. The maximum absolute atomic E-state index is 14.2. The van der Waals surface area contributed by atoms with Gasteiger partial charge < -0.3 is 4.74 Å². The van der Waals surface area contributed by atoms with Crippen molar-refractivity contribution in [3.63, 3.8) is 0 Å². The van der Waals surface area contributed by atoms with Crippen LogP contribution < -0.4 is 9.64 Å². The number of para-hydroxylation sites is 3. The SMILES string of the molecule is CCOc1ccc(-c2cc(C(=O)N(c3ccccc3)c3ccccc3)c3ccccc3n2)cc1. The van der Waals surface area contributed by atoms with E-state index in [-0.39, 0.29) is 5.91 Å². The van der Waals surface area contributed by atoms with Crippen LogP contribution in [-0.4, -0.2) is 17.5 Å². The molecule has 1 amide bonds. The van der Waals surface area contributed by atoms with Gasteiger partial charge in [0.1, 0.15) is 5.75 Å². The summed E-state index contributed by atoms with van der Waals surface area (Å²) in [4.78, 5) is 20.8. The first-order chi connectivity index (χ1) is 16.7. The van der Waals surface area contributed by atoms with Crippen molar-refractivity contribution >= 4 is 28.2 Å². The summed E-state index contributed by atoms with van der Waals surface area (Å²) in [5, 5.41) is 0.819. The van der Waals surface area contributed by atoms with E-state index in [0.717, 1.165) is 39.3 Å². The number of nitrogens with zero attached hydrogens (tertiary/aromatic N) is 2. The van der Waals surface area contributed by atoms with E-state index in [1.165, 1.54) is 0 Å². The van der Waals surface area contributed by atoms with Crippen molar-refractivity contribution in [3.8, 4) is 17.0 Å². The molecule has 0 aliphatic rings. The number of carbonyl (C=O) groups is 1. The zero-order valence-corrected chi connectivity index (χ0v) is 18.9. The van der Waals surface area contributed by atoms with Gasteiger partial charge in [-0.1, -0.05) is 54.6 Å². The number of hydrogen-bond acceptors (Lipinski definition) is 3. The van der Waals surface area contributed by atoms with Gasteiger partial charge >= 0.3 is 0 Å². The summed E-state index contributed by atoms with van der Waals surface area (Å²) in [5.41, 5.74) is 4.66. The molecule has 0 atom stereocenters. The number of fused-ring (bicyclic) bond motifs is 1. The minimum Gasteiger partial charge on any atom is -0.494 e. The molecule has 0 bridgehead atoms. The van der Waals surface area contributed by atoms with E-state index in [4.69, 9.17) is 9.72 Å². The third kappa shape index (κ3) is 4.26. The molecule has 0 aliphatic carbocycles. The number of pyridine rings is 1. The van der Waals surface area contributed by atoms with E-state index in [2.05, 4.69) is 0 Å². The molecule has 4 aromatic carbocycles. The molecule has 0 saturated carbocycles. The van der Waals surface area contributed by atoms with E-state index in [9.17, 15) is 4.79 Å². The highest BCUT2D eigenvalue weighted by Gasteiger charge is 2.23. The number of hydrogen-bond donors (Lipinski definition) is 0. The average Bonchev–Trinajstić information content (AvgIpc) is 2.90. The number of ether oxygens (including phenoxy) is 1. The number of amides is 1. The number of aromatic nitrogens is 1. The summed E-state index contributed by atoms with van der Waals surface area (Å²) in [7, 11) is 0. The predicted molar refractivity (Wildman–Crippen MR) is 138 cm³/mol. The van der Waals surface area contributed by atoms with Crippen LogP contribution in [0.1, 0.15) is 17.3 Å². The van der Waals surface area contributed by atoms with Gasteiger partial charge in [0.15, 0.2) is 0 Å². The van der Waals surface area contributed by atoms with Gasteiger partial charge in [-0.15, -0.1) is 0 Å². The largest absolute Gasteiger partial charge is 0.494 e. The highest BCUT2D eigenvalue weighted by molar-refractivity contribution is 6.17. The van der Waals surface area contributed by atoms with Crippen LogP contribution in [0.25, 0.3) is 22.2 Å². The summed E-state index contributed by atoms with van der Waals surface area (Å²) >= 11 is 0. The molecule has 0 fully saturated rings. The van der Waals surface area contributed by atoms with Gasteiger partial charge in [-0.05, 0) is 67.6 Å². The maximum Gasteiger partial charge on any atom is 0.263 e. The van der Waals surface area contributed by atoms with Crippen molar-refractivity contribution in [2.45, 2.75) is 6.92 Å². The van der Waals surface area contributed by atoms with Crippen molar-refractivity contribution in [3.05, 3.63) is 121 Å². The Labute approximate surface area is 199 Å². The standard InChI is InChI=1S/C30H24N2O2/c1-2-34-25-19-17-22(18-20-25)29-21-27(26-15-9-10-16-28(26)31-29)30(33)32(23-11-5-3-6-12-23)24-13-7-4-8-14-24/h3-21H,2H2,1H3. The van der Waals surface area contributed by atoms with Crippen LogP contribution in [0, 0.1) is 0 Å². The monoisotopic (exact) mass is 444 g/mol. The molecule has 0 saturated heterocycles. The van der Waals surface area contributed by atoms with Crippen molar-refractivity contribution in [1.82, 2.24) is 4.98 Å². The zero-order valence-electron chi connectivity index (χ0n) is 18.9. The molecule has 0 radical (unpaired) electrons. The molecule has 5 aromatic rings. The Kier molecular flexibility index (Phi) is 6.04. The summed E-state index contributed by atoms with van der Waals surface area (Å²) in [6.45, 7) is 2.57. The first-order valence-electron chi connectivity index (χ1n) is 11.3. The first kappa shape index (κ1) is 21.4. The fourth-order valence-electron chi connectivity index (χ4n) is 4.05. The Hall–Kier alpha value is -4.44. The lowest BCUT2D eigenvalue weighted by molar-refractivity contribution is 0.100. The third-order valence-corrected chi connectivity index (χ3v) is 5.64. The molecule has 0 unspecified atom stereocenters. The molecule has 4 nitrogen and oxygen atoms in total. The maximum atomic E-state index is 14.2. The average molecular weight is 445 g/mol. The van der Waals surface area contributed by atoms with Crippen LogP contribution in [0.3, 0.4) is 0 Å². The van der Waals surface area contributed by atoms with E-state index in [0.29, 0.717) is 12.2 Å². The molecule has 0 aliphatic heterocycles. The number of benzene rings is 4. The second-order valence-corrected chi connectivity index (χ2v) is 7.84. The lowest BCUT2D eigenvalue weighted by Crippen LogP contribution is -2.26. The molecule has 4 heteroatoms. The van der Waals surface area contributed by atoms with Crippen molar-refractivity contribution < 1.29 is 9.53 Å². The van der Waals surface area contributed by atoms with Crippen LogP contribution in [-0.2, 0) is 0 Å². The van der Waals surface area contributed by atoms with E-state index >= 15 is 0 Å². The second kappa shape index (κ2) is 9.59. The minimum absolute atomic E-state index is 0.108. The summed E-state index contributed by atoms with van der Waals surface area (Å²) in [6.07, 6.45) is 0. The summed E-state index contributed by atoms with van der Waals surface area (Å²) in [6, 6.07) is 36.9. The van der Waals surface area contributed by atoms with Gasteiger partial charge in [0, 0.05) is 22.3 Å². The molecular formula is C30H24N2O2. The van der Waals surface area contributed by atoms with Crippen molar-refractivity contribution in [2.75, 3.05) is 11.5 Å². The van der Waals surface area contributed by atoms with Gasteiger partial charge in [0.05, 0.1) is 23.4 Å². The molecular weight excluding hydrogens is 420 g/mol. The predicted octanol–water partition coefficient (Wildman–Crippen LogP) is 7.28.